The van der Waals surface area contributed by atoms with Gasteiger partial charge in [-0.25, -0.2) is 9.78 Å². The Balaban J connectivity index is 1.15. The van der Waals surface area contributed by atoms with Crippen LogP contribution >= 0.6 is 11.8 Å². The Bertz CT molecular complexity index is 695. The molecule has 0 spiro atoms. The summed E-state index contributed by atoms with van der Waals surface area (Å²) in [4.78, 5) is 30.2. The molecule has 8 nitrogen and oxygen atoms in total. The molecule has 3 amide bonds. The van der Waals surface area contributed by atoms with E-state index in [0.717, 1.165) is 57.0 Å². The first-order valence-corrected chi connectivity index (χ1v) is 11.0. The van der Waals surface area contributed by atoms with Crippen LogP contribution in [0.1, 0.15) is 25.7 Å². The van der Waals surface area contributed by atoms with Gasteiger partial charge >= 0.3 is 6.03 Å². The number of anilines is 2. The SMILES string of the molecule is O=C(CCCC[C@@H]1SC[C@@H]2NC(=O)N[C@@H]21)Nc1ccc(N2CCOCC2)cn1. The van der Waals surface area contributed by atoms with Crippen LogP contribution in [0.4, 0.5) is 16.3 Å². The molecule has 4 rings (SSSR count). The van der Waals surface area contributed by atoms with Gasteiger partial charge < -0.3 is 25.6 Å². The number of urea groups is 1. The summed E-state index contributed by atoms with van der Waals surface area (Å²) >= 11 is 1.91. The van der Waals surface area contributed by atoms with E-state index in [-0.39, 0.29) is 24.0 Å². The average Bonchev–Trinajstić information content (AvgIpc) is 3.26. The number of hydrogen-bond donors (Lipinski definition) is 3. The summed E-state index contributed by atoms with van der Waals surface area (Å²) < 4.78 is 5.36. The standard InChI is InChI=1S/C19H27N5O3S/c25-17(4-2-1-3-15-18-14(12-28-15)21-19(26)23-18)22-16-6-5-13(11-20-16)24-7-9-27-10-8-24/h5-6,11,14-15,18H,1-4,7-10,12H2,(H,20,22,25)(H2,21,23,26)/t14-,15-,18-/m0/s1. The second-order valence-electron chi connectivity index (χ2n) is 7.42. The van der Waals surface area contributed by atoms with E-state index in [1.54, 1.807) is 6.20 Å². The van der Waals surface area contributed by atoms with Crippen molar-refractivity contribution in [2.45, 2.75) is 43.0 Å². The predicted octanol–water partition coefficient (Wildman–Crippen LogP) is 1.58. The van der Waals surface area contributed by atoms with Gasteiger partial charge in [-0.15, -0.1) is 0 Å². The fourth-order valence-electron chi connectivity index (χ4n) is 3.95. The lowest BCUT2D eigenvalue weighted by Crippen LogP contribution is -2.36. The van der Waals surface area contributed by atoms with Gasteiger partial charge in [0, 0.05) is 30.5 Å². The highest BCUT2D eigenvalue weighted by molar-refractivity contribution is 8.00. The smallest absolute Gasteiger partial charge is 0.315 e. The van der Waals surface area contributed by atoms with Crippen LogP contribution in [-0.4, -0.2) is 66.3 Å². The van der Waals surface area contributed by atoms with Gasteiger partial charge in [-0.2, -0.15) is 11.8 Å². The van der Waals surface area contributed by atoms with Crippen LogP contribution in [-0.2, 0) is 9.53 Å². The highest BCUT2D eigenvalue weighted by Gasteiger charge is 2.42. The van der Waals surface area contributed by atoms with Crippen molar-refractivity contribution in [3.63, 3.8) is 0 Å². The summed E-state index contributed by atoms with van der Waals surface area (Å²) in [5.74, 6) is 1.57. The van der Waals surface area contributed by atoms with Crippen LogP contribution in [0.5, 0.6) is 0 Å². The van der Waals surface area contributed by atoms with Crippen LogP contribution < -0.4 is 20.9 Å². The maximum atomic E-state index is 12.2. The minimum Gasteiger partial charge on any atom is -0.378 e. The quantitative estimate of drug-likeness (QED) is 0.471. The Kier molecular flexibility index (Phi) is 6.21. The van der Waals surface area contributed by atoms with Crippen molar-refractivity contribution in [3.05, 3.63) is 18.3 Å². The molecule has 28 heavy (non-hydrogen) atoms. The van der Waals surface area contributed by atoms with Crippen molar-refractivity contribution in [2.24, 2.45) is 0 Å². The first-order chi connectivity index (χ1) is 13.7. The van der Waals surface area contributed by atoms with Gasteiger partial charge in [-0.05, 0) is 25.0 Å². The lowest BCUT2D eigenvalue weighted by molar-refractivity contribution is -0.116. The number of ether oxygens (including phenoxy) is 1. The minimum absolute atomic E-state index is 0.000546. The number of rotatable bonds is 7. The molecule has 3 aliphatic heterocycles. The van der Waals surface area contributed by atoms with E-state index in [0.29, 0.717) is 17.5 Å². The van der Waals surface area contributed by atoms with Gasteiger partial charge in [0.1, 0.15) is 5.82 Å². The molecule has 0 radical (unpaired) electrons. The molecule has 0 saturated carbocycles. The number of nitrogens with one attached hydrogen (secondary N) is 3. The number of amides is 3. The number of pyridine rings is 1. The second-order valence-corrected chi connectivity index (χ2v) is 8.69. The summed E-state index contributed by atoms with van der Waals surface area (Å²) in [6, 6.07) is 4.30. The first-order valence-electron chi connectivity index (χ1n) is 9.96. The Labute approximate surface area is 169 Å². The molecule has 0 bridgehead atoms. The molecule has 0 aromatic carbocycles. The molecule has 9 heteroatoms. The lowest BCUT2D eigenvalue weighted by atomic mass is 10.0. The summed E-state index contributed by atoms with van der Waals surface area (Å²) in [7, 11) is 0. The number of carbonyl (C=O) groups excluding carboxylic acids is 2. The molecular formula is C19H27N5O3S. The molecule has 152 valence electrons. The second kappa shape index (κ2) is 9.00. The maximum Gasteiger partial charge on any atom is 0.315 e. The first kappa shape index (κ1) is 19.3. The van der Waals surface area contributed by atoms with Crippen molar-refractivity contribution in [1.29, 1.82) is 0 Å². The summed E-state index contributed by atoms with van der Waals surface area (Å²) in [5.41, 5.74) is 1.06. The van der Waals surface area contributed by atoms with Crippen molar-refractivity contribution in [1.82, 2.24) is 15.6 Å². The molecule has 3 atom stereocenters. The van der Waals surface area contributed by atoms with E-state index < -0.39 is 0 Å². The average molecular weight is 406 g/mol. The van der Waals surface area contributed by atoms with Crippen LogP contribution in [0.3, 0.4) is 0 Å². The van der Waals surface area contributed by atoms with E-state index in [1.807, 2.05) is 23.9 Å². The zero-order chi connectivity index (χ0) is 19.3. The zero-order valence-electron chi connectivity index (χ0n) is 15.9. The third-order valence-electron chi connectivity index (χ3n) is 5.47. The molecule has 1 aromatic rings. The monoisotopic (exact) mass is 405 g/mol. The van der Waals surface area contributed by atoms with Crippen LogP contribution in [0.2, 0.25) is 0 Å². The van der Waals surface area contributed by atoms with Gasteiger partial charge in [-0.3, -0.25) is 4.79 Å². The zero-order valence-corrected chi connectivity index (χ0v) is 16.7. The molecule has 3 fully saturated rings. The third kappa shape index (κ3) is 4.70. The highest BCUT2D eigenvalue weighted by Crippen LogP contribution is 2.33. The number of thioether (sulfide) groups is 1. The normalized spacial score (nSPS) is 26.5. The Morgan fingerprint density at radius 2 is 2.14 bits per heavy atom. The number of aromatic nitrogens is 1. The fourth-order valence-corrected chi connectivity index (χ4v) is 5.49. The van der Waals surface area contributed by atoms with E-state index in [4.69, 9.17) is 4.74 Å². The number of hydrogen-bond acceptors (Lipinski definition) is 6. The number of carbonyl (C=O) groups is 2. The number of fused-ring (bicyclic) bond motifs is 1. The predicted molar refractivity (Wildman–Crippen MR) is 110 cm³/mol. The Morgan fingerprint density at radius 3 is 2.93 bits per heavy atom. The van der Waals surface area contributed by atoms with Gasteiger partial charge in [0.25, 0.3) is 0 Å². The van der Waals surface area contributed by atoms with E-state index in [1.165, 1.54) is 0 Å². The molecule has 0 aliphatic carbocycles. The molecular weight excluding hydrogens is 378 g/mol. The Hall–Kier alpha value is -2.00. The van der Waals surface area contributed by atoms with Crippen LogP contribution in [0.25, 0.3) is 0 Å². The van der Waals surface area contributed by atoms with E-state index in [2.05, 4.69) is 25.8 Å². The molecule has 3 N–H and O–H groups in total. The summed E-state index contributed by atoms with van der Waals surface area (Å²) in [6.45, 7) is 3.21. The summed E-state index contributed by atoms with van der Waals surface area (Å²) in [5, 5.41) is 9.29. The number of unbranched alkanes of at least 4 members (excludes halogenated alkanes) is 1. The fraction of sp³-hybridized carbons (Fsp3) is 0.632. The van der Waals surface area contributed by atoms with Crippen molar-refractivity contribution < 1.29 is 14.3 Å². The van der Waals surface area contributed by atoms with Crippen molar-refractivity contribution in [2.75, 3.05) is 42.3 Å². The topological polar surface area (TPSA) is 95.6 Å². The lowest BCUT2D eigenvalue weighted by Gasteiger charge is -2.28. The molecule has 0 unspecified atom stereocenters. The minimum atomic E-state index is -0.0492. The van der Waals surface area contributed by atoms with Crippen LogP contribution in [0, 0.1) is 0 Å². The largest absolute Gasteiger partial charge is 0.378 e. The number of nitrogens with zero attached hydrogens (tertiary/aromatic N) is 2. The van der Waals surface area contributed by atoms with Crippen LogP contribution in [0.15, 0.2) is 18.3 Å². The maximum absolute atomic E-state index is 12.2. The van der Waals surface area contributed by atoms with Gasteiger partial charge in [0.2, 0.25) is 5.91 Å². The third-order valence-corrected chi connectivity index (χ3v) is 6.98. The molecule has 1 aromatic heterocycles. The molecule has 4 heterocycles. The van der Waals surface area contributed by atoms with E-state index >= 15 is 0 Å². The molecule has 3 saturated heterocycles. The van der Waals surface area contributed by atoms with Gasteiger partial charge in [-0.1, -0.05) is 6.42 Å². The van der Waals surface area contributed by atoms with E-state index in [9.17, 15) is 9.59 Å². The van der Waals surface area contributed by atoms with Gasteiger partial charge in [0.15, 0.2) is 0 Å². The van der Waals surface area contributed by atoms with Crippen molar-refractivity contribution in [3.8, 4) is 0 Å². The summed E-state index contributed by atoms with van der Waals surface area (Å²) in [6.07, 6.45) is 5.14. The van der Waals surface area contributed by atoms with Gasteiger partial charge in [0.05, 0.1) is 37.2 Å². The highest BCUT2D eigenvalue weighted by atomic mass is 32.2. The molecule has 3 aliphatic rings. The number of morpholine rings is 1. The van der Waals surface area contributed by atoms with Crippen molar-refractivity contribution >= 4 is 35.2 Å². The Morgan fingerprint density at radius 1 is 1.29 bits per heavy atom.